The molecule has 0 saturated carbocycles. The van der Waals surface area contributed by atoms with Crippen molar-refractivity contribution in [1.82, 2.24) is 5.32 Å². The number of anilines is 1. The summed E-state index contributed by atoms with van der Waals surface area (Å²) in [5.41, 5.74) is 1.78. The van der Waals surface area contributed by atoms with Crippen LogP contribution in [0.2, 0.25) is 0 Å². The van der Waals surface area contributed by atoms with Gasteiger partial charge in [0.15, 0.2) is 0 Å². The maximum Gasteiger partial charge on any atom is 0.336 e. The molecule has 0 aromatic heterocycles. The number of carboxylic acid groups (broad SMARTS) is 1. The van der Waals surface area contributed by atoms with Gasteiger partial charge in [0.2, 0.25) is 0 Å². The van der Waals surface area contributed by atoms with Crippen molar-refractivity contribution in [3.05, 3.63) is 29.3 Å². The summed E-state index contributed by atoms with van der Waals surface area (Å²) >= 11 is 0. The molecule has 0 atom stereocenters. The highest BCUT2D eigenvalue weighted by atomic mass is 16.4. The van der Waals surface area contributed by atoms with Crippen molar-refractivity contribution in [3.8, 4) is 0 Å². The Kier molecular flexibility index (Phi) is 4.04. The van der Waals surface area contributed by atoms with E-state index in [2.05, 4.69) is 5.32 Å². The van der Waals surface area contributed by atoms with E-state index in [0.29, 0.717) is 25.1 Å². The van der Waals surface area contributed by atoms with Crippen LogP contribution < -0.4 is 10.2 Å². The Morgan fingerprint density at radius 1 is 1.42 bits per heavy atom. The van der Waals surface area contributed by atoms with E-state index in [4.69, 9.17) is 0 Å². The molecule has 1 aromatic rings. The summed E-state index contributed by atoms with van der Waals surface area (Å²) in [5.74, 6) is -0.937. The Balaban J connectivity index is 2.32. The predicted octanol–water partition coefficient (Wildman–Crippen LogP) is 2.26. The summed E-state index contributed by atoms with van der Waals surface area (Å²) in [5, 5.41) is 12.0. The van der Waals surface area contributed by atoms with Crippen LogP contribution in [0.15, 0.2) is 18.2 Å². The van der Waals surface area contributed by atoms with E-state index in [1.54, 1.807) is 17.0 Å². The third-order valence-electron chi connectivity index (χ3n) is 3.25. The van der Waals surface area contributed by atoms with Gasteiger partial charge in [0.1, 0.15) is 0 Å². The highest BCUT2D eigenvalue weighted by Crippen LogP contribution is 2.29. The van der Waals surface area contributed by atoms with Crippen molar-refractivity contribution >= 4 is 17.7 Å². The maximum atomic E-state index is 12.1. The molecule has 0 saturated heterocycles. The first kappa shape index (κ1) is 13.4. The van der Waals surface area contributed by atoms with E-state index in [-0.39, 0.29) is 6.03 Å². The number of hydrogen-bond donors (Lipinski definition) is 2. The molecule has 2 amide bonds. The molecule has 0 fully saturated rings. The van der Waals surface area contributed by atoms with Gasteiger partial charge in [-0.25, -0.2) is 9.59 Å². The second-order valence-corrected chi connectivity index (χ2v) is 4.60. The van der Waals surface area contributed by atoms with Gasteiger partial charge in [-0.1, -0.05) is 13.0 Å². The second-order valence-electron chi connectivity index (χ2n) is 4.60. The minimum Gasteiger partial charge on any atom is -0.478 e. The molecule has 0 radical (unpaired) electrons. The van der Waals surface area contributed by atoms with Gasteiger partial charge in [0.25, 0.3) is 0 Å². The number of rotatable bonds is 3. The number of amides is 2. The van der Waals surface area contributed by atoms with Gasteiger partial charge in [-0.15, -0.1) is 0 Å². The summed E-state index contributed by atoms with van der Waals surface area (Å²) in [6.07, 6.45) is 2.37. The highest BCUT2D eigenvalue weighted by Gasteiger charge is 2.25. The zero-order chi connectivity index (χ0) is 13.8. The van der Waals surface area contributed by atoms with Crippen LogP contribution >= 0.6 is 0 Å². The lowest BCUT2D eigenvalue weighted by Gasteiger charge is -2.30. The standard InChI is InChI=1S/C14H18N2O3/c1-2-8-15-14(19)16-9-4-6-10-11(13(17)18)5-3-7-12(10)16/h3,5,7H,2,4,6,8-9H2,1H3,(H,15,19)(H,17,18). The lowest BCUT2D eigenvalue weighted by Crippen LogP contribution is -2.43. The molecule has 5 nitrogen and oxygen atoms in total. The van der Waals surface area contributed by atoms with Gasteiger partial charge in [0, 0.05) is 18.8 Å². The van der Waals surface area contributed by atoms with Crippen molar-refractivity contribution in [2.75, 3.05) is 18.0 Å². The number of carbonyl (C=O) groups is 2. The molecule has 2 rings (SSSR count). The molecule has 1 aliphatic heterocycles. The molecule has 0 bridgehead atoms. The van der Waals surface area contributed by atoms with Crippen LogP contribution in [-0.4, -0.2) is 30.2 Å². The minimum absolute atomic E-state index is 0.148. The molecule has 1 aromatic carbocycles. The average Bonchev–Trinajstić information content (AvgIpc) is 2.43. The first-order chi connectivity index (χ1) is 9.15. The van der Waals surface area contributed by atoms with Crippen LogP contribution in [-0.2, 0) is 6.42 Å². The molecule has 1 heterocycles. The number of carboxylic acids is 1. The molecule has 5 heteroatoms. The summed E-state index contributed by atoms with van der Waals surface area (Å²) < 4.78 is 0. The molecular weight excluding hydrogens is 244 g/mol. The van der Waals surface area contributed by atoms with E-state index in [9.17, 15) is 14.7 Å². The van der Waals surface area contributed by atoms with Crippen molar-refractivity contribution in [2.45, 2.75) is 26.2 Å². The molecule has 1 aliphatic rings. The van der Waals surface area contributed by atoms with Crippen molar-refractivity contribution < 1.29 is 14.7 Å². The normalized spacial score (nSPS) is 13.8. The smallest absolute Gasteiger partial charge is 0.336 e. The third-order valence-corrected chi connectivity index (χ3v) is 3.25. The lowest BCUT2D eigenvalue weighted by molar-refractivity contribution is 0.0695. The van der Waals surface area contributed by atoms with E-state index in [1.807, 2.05) is 13.0 Å². The van der Waals surface area contributed by atoms with Gasteiger partial charge < -0.3 is 10.4 Å². The summed E-state index contributed by atoms with van der Waals surface area (Å²) in [6.45, 7) is 3.25. The highest BCUT2D eigenvalue weighted by molar-refractivity contribution is 5.97. The van der Waals surface area contributed by atoms with E-state index >= 15 is 0 Å². The van der Waals surface area contributed by atoms with Crippen molar-refractivity contribution in [3.63, 3.8) is 0 Å². The van der Waals surface area contributed by atoms with Gasteiger partial charge in [-0.05, 0) is 37.0 Å². The zero-order valence-corrected chi connectivity index (χ0v) is 11.0. The maximum absolute atomic E-state index is 12.1. The molecule has 0 unspecified atom stereocenters. The van der Waals surface area contributed by atoms with Gasteiger partial charge >= 0.3 is 12.0 Å². The van der Waals surface area contributed by atoms with Crippen LogP contribution in [0.5, 0.6) is 0 Å². The first-order valence-electron chi connectivity index (χ1n) is 6.55. The first-order valence-corrected chi connectivity index (χ1v) is 6.55. The Labute approximate surface area is 112 Å². The quantitative estimate of drug-likeness (QED) is 0.877. The summed E-state index contributed by atoms with van der Waals surface area (Å²) in [7, 11) is 0. The molecule has 0 aliphatic carbocycles. The lowest BCUT2D eigenvalue weighted by atomic mass is 9.96. The SMILES string of the molecule is CCCNC(=O)N1CCCc2c(C(=O)O)cccc21. The minimum atomic E-state index is -0.937. The average molecular weight is 262 g/mol. The zero-order valence-electron chi connectivity index (χ0n) is 11.0. The number of nitrogens with one attached hydrogen (secondary N) is 1. The van der Waals surface area contributed by atoms with E-state index in [1.165, 1.54) is 0 Å². The fourth-order valence-corrected chi connectivity index (χ4v) is 2.36. The molecule has 0 spiro atoms. The largest absolute Gasteiger partial charge is 0.478 e. The summed E-state index contributed by atoms with van der Waals surface area (Å²) in [6, 6.07) is 4.94. The number of carbonyl (C=O) groups excluding carboxylic acids is 1. The predicted molar refractivity (Wildman–Crippen MR) is 72.8 cm³/mol. The fraction of sp³-hybridized carbons (Fsp3) is 0.429. The second kappa shape index (κ2) is 5.73. The van der Waals surface area contributed by atoms with E-state index in [0.717, 1.165) is 24.1 Å². The Morgan fingerprint density at radius 3 is 2.89 bits per heavy atom. The third kappa shape index (κ3) is 2.70. The number of aromatic carboxylic acids is 1. The number of fused-ring (bicyclic) bond motifs is 1. The monoisotopic (exact) mass is 262 g/mol. The number of nitrogens with zero attached hydrogens (tertiary/aromatic N) is 1. The topological polar surface area (TPSA) is 69.6 Å². The number of urea groups is 1. The van der Waals surface area contributed by atoms with Crippen molar-refractivity contribution in [2.24, 2.45) is 0 Å². The van der Waals surface area contributed by atoms with Crippen LogP contribution in [0.4, 0.5) is 10.5 Å². The van der Waals surface area contributed by atoms with Crippen LogP contribution in [0, 0.1) is 0 Å². The molecule has 19 heavy (non-hydrogen) atoms. The van der Waals surface area contributed by atoms with Crippen LogP contribution in [0.25, 0.3) is 0 Å². The number of benzene rings is 1. The van der Waals surface area contributed by atoms with Gasteiger partial charge in [-0.3, -0.25) is 4.90 Å². The molecule has 2 N–H and O–H groups in total. The van der Waals surface area contributed by atoms with Crippen molar-refractivity contribution in [1.29, 1.82) is 0 Å². The molecular formula is C14H18N2O3. The number of hydrogen-bond acceptors (Lipinski definition) is 2. The Bertz CT molecular complexity index is 499. The van der Waals surface area contributed by atoms with Gasteiger partial charge in [-0.2, -0.15) is 0 Å². The summed E-state index contributed by atoms with van der Waals surface area (Å²) in [4.78, 5) is 24.9. The van der Waals surface area contributed by atoms with Crippen LogP contribution in [0.1, 0.15) is 35.7 Å². The van der Waals surface area contributed by atoms with Gasteiger partial charge in [0.05, 0.1) is 5.56 Å². The van der Waals surface area contributed by atoms with E-state index < -0.39 is 5.97 Å². The fourth-order valence-electron chi connectivity index (χ4n) is 2.36. The Hall–Kier alpha value is -2.04. The van der Waals surface area contributed by atoms with Crippen LogP contribution in [0.3, 0.4) is 0 Å². The Morgan fingerprint density at radius 2 is 2.21 bits per heavy atom. The molecule has 102 valence electrons.